The summed E-state index contributed by atoms with van der Waals surface area (Å²) in [5.41, 5.74) is 1.68. The molecule has 1 amide bonds. The quantitative estimate of drug-likeness (QED) is 0.909. The first-order valence-electron chi connectivity index (χ1n) is 7.93. The molecule has 1 fully saturated rings. The summed E-state index contributed by atoms with van der Waals surface area (Å²) in [4.78, 5) is 25.3. The van der Waals surface area contributed by atoms with Gasteiger partial charge in [-0.25, -0.2) is 0 Å². The van der Waals surface area contributed by atoms with E-state index in [-0.39, 0.29) is 18.9 Å². The van der Waals surface area contributed by atoms with E-state index in [1.807, 2.05) is 36.7 Å². The van der Waals surface area contributed by atoms with Crippen molar-refractivity contribution >= 4 is 11.9 Å². The van der Waals surface area contributed by atoms with Crippen molar-refractivity contribution in [2.75, 3.05) is 19.8 Å². The molecule has 2 aromatic rings. The van der Waals surface area contributed by atoms with E-state index in [0.717, 1.165) is 12.1 Å². The summed E-state index contributed by atoms with van der Waals surface area (Å²) in [5, 5.41) is 9.00. The number of hydrogen-bond donors (Lipinski definition) is 1. The SMILES string of the molecule is O=C(O)C[C@@H]1COCCN1C(=O)c1ccc(Cn2cccc2)cc1. The number of nitrogens with zero attached hydrogens (tertiary/aromatic N) is 2. The third-order valence-electron chi connectivity index (χ3n) is 4.13. The van der Waals surface area contributed by atoms with Crippen molar-refractivity contribution < 1.29 is 19.4 Å². The third-order valence-corrected chi connectivity index (χ3v) is 4.13. The van der Waals surface area contributed by atoms with Crippen molar-refractivity contribution in [1.29, 1.82) is 0 Å². The summed E-state index contributed by atoms with van der Waals surface area (Å²) >= 11 is 0. The van der Waals surface area contributed by atoms with Gasteiger partial charge in [0.2, 0.25) is 0 Å². The molecule has 1 aliphatic rings. The highest BCUT2D eigenvalue weighted by atomic mass is 16.5. The van der Waals surface area contributed by atoms with Gasteiger partial charge in [0.25, 0.3) is 5.91 Å². The van der Waals surface area contributed by atoms with Crippen molar-refractivity contribution in [2.24, 2.45) is 0 Å². The van der Waals surface area contributed by atoms with Gasteiger partial charge in [0.1, 0.15) is 0 Å². The predicted molar refractivity (Wildman–Crippen MR) is 87.9 cm³/mol. The van der Waals surface area contributed by atoms with E-state index in [0.29, 0.717) is 18.7 Å². The van der Waals surface area contributed by atoms with Crippen LogP contribution in [0.25, 0.3) is 0 Å². The Kier molecular flexibility index (Phi) is 4.96. The minimum atomic E-state index is -0.926. The maximum absolute atomic E-state index is 12.7. The number of carboxylic acids is 1. The van der Waals surface area contributed by atoms with E-state index >= 15 is 0 Å². The first kappa shape index (κ1) is 16.3. The first-order chi connectivity index (χ1) is 11.6. The maximum Gasteiger partial charge on any atom is 0.305 e. The molecule has 1 saturated heterocycles. The Bertz CT molecular complexity index is 694. The van der Waals surface area contributed by atoms with Crippen LogP contribution in [0.4, 0.5) is 0 Å². The largest absolute Gasteiger partial charge is 0.481 e. The van der Waals surface area contributed by atoms with E-state index in [1.165, 1.54) is 0 Å². The zero-order valence-electron chi connectivity index (χ0n) is 13.3. The van der Waals surface area contributed by atoms with E-state index in [4.69, 9.17) is 9.84 Å². The van der Waals surface area contributed by atoms with Gasteiger partial charge >= 0.3 is 5.97 Å². The highest BCUT2D eigenvalue weighted by Gasteiger charge is 2.29. The average Bonchev–Trinajstić information content (AvgIpc) is 3.08. The summed E-state index contributed by atoms with van der Waals surface area (Å²) in [5.74, 6) is -1.07. The number of morpholine rings is 1. The molecule has 1 aromatic heterocycles. The van der Waals surface area contributed by atoms with E-state index < -0.39 is 12.0 Å². The molecule has 2 heterocycles. The van der Waals surface area contributed by atoms with Gasteiger partial charge in [-0.05, 0) is 29.8 Å². The molecule has 0 saturated carbocycles. The van der Waals surface area contributed by atoms with Crippen LogP contribution in [0, 0.1) is 0 Å². The summed E-state index contributed by atoms with van der Waals surface area (Å²) in [6, 6.07) is 11.0. The van der Waals surface area contributed by atoms with E-state index in [2.05, 4.69) is 4.57 Å². The molecule has 0 unspecified atom stereocenters. The van der Waals surface area contributed by atoms with Crippen LogP contribution in [0.15, 0.2) is 48.8 Å². The predicted octanol–water partition coefficient (Wildman–Crippen LogP) is 1.85. The van der Waals surface area contributed by atoms with Crippen LogP contribution in [0.2, 0.25) is 0 Å². The highest BCUT2D eigenvalue weighted by molar-refractivity contribution is 5.94. The standard InChI is InChI=1S/C18H20N2O4/c21-17(22)11-16-13-24-10-9-20(16)18(23)15-5-3-14(4-6-15)12-19-7-1-2-8-19/h1-8,16H,9-13H2,(H,21,22)/t16-/m1/s1. The smallest absolute Gasteiger partial charge is 0.305 e. The third kappa shape index (κ3) is 3.83. The van der Waals surface area contributed by atoms with Crippen molar-refractivity contribution in [1.82, 2.24) is 9.47 Å². The fourth-order valence-corrected chi connectivity index (χ4v) is 2.90. The maximum atomic E-state index is 12.7. The second kappa shape index (κ2) is 7.31. The molecule has 0 bridgehead atoms. The Morgan fingerprint density at radius 1 is 1.17 bits per heavy atom. The minimum Gasteiger partial charge on any atom is -0.481 e. The number of ether oxygens (including phenoxy) is 1. The topological polar surface area (TPSA) is 71.8 Å². The molecule has 1 aromatic carbocycles. The van der Waals surface area contributed by atoms with Gasteiger partial charge in [-0.1, -0.05) is 12.1 Å². The van der Waals surface area contributed by atoms with E-state index in [1.54, 1.807) is 17.0 Å². The van der Waals surface area contributed by atoms with Gasteiger partial charge in [-0.3, -0.25) is 9.59 Å². The van der Waals surface area contributed by atoms with Crippen molar-refractivity contribution in [3.8, 4) is 0 Å². The summed E-state index contributed by atoms with van der Waals surface area (Å²) < 4.78 is 7.37. The lowest BCUT2D eigenvalue weighted by Gasteiger charge is -2.34. The van der Waals surface area contributed by atoms with Gasteiger partial charge < -0.3 is 19.3 Å². The van der Waals surface area contributed by atoms with Crippen LogP contribution in [0.1, 0.15) is 22.3 Å². The molecular formula is C18H20N2O4. The number of carboxylic acid groups (broad SMARTS) is 1. The molecule has 3 rings (SSSR count). The lowest BCUT2D eigenvalue weighted by atomic mass is 10.1. The molecule has 1 atom stereocenters. The van der Waals surface area contributed by atoms with Crippen LogP contribution < -0.4 is 0 Å². The van der Waals surface area contributed by atoms with Crippen molar-refractivity contribution in [3.63, 3.8) is 0 Å². The zero-order chi connectivity index (χ0) is 16.9. The summed E-state index contributed by atoms with van der Waals surface area (Å²) in [7, 11) is 0. The van der Waals surface area contributed by atoms with Crippen LogP contribution in [-0.2, 0) is 16.1 Å². The fourth-order valence-electron chi connectivity index (χ4n) is 2.90. The second-order valence-electron chi connectivity index (χ2n) is 5.88. The average molecular weight is 328 g/mol. The van der Waals surface area contributed by atoms with Crippen LogP contribution >= 0.6 is 0 Å². The molecule has 1 N–H and O–H groups in total. The monoisotopic (exact) mass is 328 g/mol. The van der Waals surface area contributed by atoms with E-state index in [9.17, 15) is 9.59 Å². The Morgan fingerprint density at radius 2 is 1.88 bits per heavy atom. The molecule has 6 heteroatoms. The zero-order valence-corrected chi connectivity index (χ0v) is 13.3. The second-order valence-corrected chi connectivity index (χ2v) is 5.88. The van der Waals surface area contributed by atoms with Crippen LogP contribution in [0.5, 0.6) is 0 Å². The molecule has 0 radical (unpaired) electrons. The molecule has 126 valence electrons. The lowest BCUT2D eigenvalue weighted by molar-refractivity contribution is -0.139. The van der Waals surface area contributed by atoms with Gasteiger partial charge in [0.15, 0.2) is 0 Å². The van der Waals surface area contributed by atoms with Gasteiger partial charge in [-0.15, -0.1) is 0 Å². The minimum absolute atomic E-state index is 0.0997. The number of carbonyl (C=O) groups is 2. The Morgan fingerprint density at radius 3 is 2.54 bits per heavy atom. The summed E-state index contributed by atoms with van der Waals surface area (Å²) in [6.07, 6.45) is 3.88. The summed E-state index contributed by atoms with van der Waals surface area (Å²) in [6.45, 7) is 1.87. The Labute approximate surface area is 140 Å². The number of benzene rings is 1. The van der Waals surface area contributed by atoms with Gasteiger partial charge in [0.05, 0.1) is 25.7 Å². The fraction of sp³-hybridized carbons (Fsp3) is 0.333. The van der Waals surface area contributed by atoms with Gasteiger partial charge in [0, 0.05) is 31.0 Å². The lowest BCUT2D eigenvalue weighted by Crippen LogP contribution is -2.49. The van der Waals surface area contributed by atoms with Crippen LogP contribution in [0.3, 0.4) is 0 Å². The van der Waals surface area contributed by atoms with Crippen molar-refractivity contribution in [3.05, 3.63) is 59.9 Å². The Balaban J connectivity index is 1.70. The molecule has 0 aliphatic carbocycles. The number of aromatic nitrogens is 1. The number of amides is 1. The van der Waals surface area contributed by atoms with Gasteiger partial charge in [-0.2, -0.15) is 0 Å². The first-order valence-corrected chi connectivity index (χ1v) is 7.93. The molecule has 6 nitrogen and oxygen atoms in total. The highest BCUT2D eigenvalue weighted by Crippen LogP contribution is 2.16. The number of hydrogen-bond acceptors (Lipinski definition) is 3. The normalized spacial score (nSPS) is 17.7. The number of carbonyl (C=O) groups excluding carboxylic acids is 1. The molecular weight excluding hydrogens is 308 g/mol. The number of aliphatic carboxylic acids is 1. The number of rotatable bonds is 5. The molecule has 0 spiro atoms. The molecule has 1 aliphatic heterocycles. The van der Waals surface area contributed by atoms with Crippen molar-refractivity contribution in [2.45, 2.75) is 19.0 Å². The molecule has 24 heavy (non-hydrogen) atoms. The van der Waals surface area contributed by atoms with Crippen LogP contribution in [-0.4, -0.2) is 52.3 Å². The Hall–Kier alpha value is -2.60.